The molecule has 1 saturated heterocycles. The van der Waals surface area contributed by atoms with Crippen molar-refractivity contribution in [3.05, 3.63) is 89.9 Å². The van der Waals surface area contributed by atoms with Gasteiger partial charge in [0.15, 0.2) is 21.4 Å². The van der Waals surface area contributed by atoms with Crippen LogP contribution < -0.4 is 15.8 Å². The molecule has 3 aromatic carbocycles. The summed E-state index contributed by atoms with van der Waals surface area (Å²) < 4.78 is 45.7. The number of likely N-dealkylation sites (tertiary alicyclic amines) is 1. The monoisotopic (exact) mass is 606 g/mol. The second-order valence-electron chi connectivity index (χ2n) is 10.3. The van der Waals surface area contributed by atoms with Crippen molar-refractivity contribution in [3.63, 3.8) is 0 Å². The molecule has 0 radical (unpaired) electrons. The number of sulfone groups is 1. The Hall–Kier alpha value is -4.71. The predicted octanol–water partition coefficient (Wildman–Crippen LogP) is 4.59. The Morgan fingerprint density at radius 3 is 2.65 bits per heavy atom. The van der Waals surface area contributed by atoms with Crippen LogP contribution in [-0.2, 0) is 19.4 Å². The number of rotatable bonds is 9. The number of carboxylic acid groups (broad SMARTS) is 1. The maximum Gasteiger partial charge on any atom is 0.309 e. The molecule has 10 nitrogen and oxygen atoms in total. The molecule has 1 aliphatic heterocycles. The summed E-state index contributed by atoms with van der Waals surface area (Å²) in [5, 5.41) is 14.8. The van der Waals surface area contributed by atoms with Crippen molar-refractivity contribution in [1.82, 2.24) is 9.88 Å². The van der Waals surface area contributed by atoms with Crippen LogP contribution >= 0.6 is 0 Å². The number of benzene rings is 3. The summed E-state index contributed by atoms with van der Waals surface area (Å²) in [7, 11) is -2.43. The first-order valence-corrected chi connectivity index (χ1v) is 15.3. The molecule has 1 amide bonds. The first kappa shape index (κ1) is 29.8. The minimum absolute atomic E-state index is 0.0119. The molecule has 1 aliphatic rings. The van der Waals surface area contributed by atoms with Crippen LogP contribution in [0.4, 0.5) is 15.9 Å². The van der Waals surface area contributed by atoms with Gasteiger partial charge in [-0.2, -0.15) is 0 Å². The van der Waals surface area contributed by atoms with Crippen LogP contribution in [0.25, 0.3) is 10.8 Å². The number of hydrogen-bond donors (Lipinski definition) is 3. The van der Waals surface area contributed by atoms with Gasteiger partial charge >= 0.3 is 5.97 Å². The molecule has 224 valence electrons. The minimum Gasteiger partial charge on any atom is -0.494 e. The zero-order chi connectivity index (χ0) is 30.9. The van der Waals surface area contributed by atoms with Gasteiger partial charge in [-0.1, -0.05) is 31.2 Å². The van der Waals surface area contributed by atoms with Gasteiger partial charge in [0, 0.05) is 23.8 Å². The highest BCUT2D eigenvalue weighted by atomic mass is 32.2. The van der Waals surface area contributed by atoms with E-state index in [1.165, 1.54) is 43.2 Å². The Bertz CT molecular complexity index is 1820. The number of amides is 1. The van der Waals surface area contributed by atoms with Crippen LogP contribution in [-0.4, -0.2) is 54.7 Å². The van der Waals surface area contributed by atoms with Gasteiger partial charge in [0.1, 0.15) is 11.9 Å². The average molecular weight is 607 g/mol. The number of carbonyl (C=O) groups is 2. The van der Waals surface area contributed by atoms with Crippen LogP contribution in [0.5, 0.6) is 5.75 Å². The van der Waals surface area contributed by atoms with Gasteiger partial charge < -0.3 is 25.8 Å². The lowest BCUT2D eigenvalue weighted by atomic mass is 9.93. The lowest BCUT2D eigenvalue weighted by molar-refractivity contribution is -0.143. The van der Waals surface area contributed by atoms with Gasteiger partial charge in [0.05, 0.1) is 29.7 Å². The summed E-state index contributed by atoms with van der Waals surface area (Å²) in [5.74, 6) is -3.23. The van der Waals surface area contributed by atoms with Gasteiger partial charge in [0.25, 0.3) is 0 Å². The normalized spacial score (nSPS) is 17.5. The number of hydrogen-bond acceptors (Lipinski definition) is 8. The molecule has 1 fully saturated rings. The Balaban J connectivity index is 1.62. The van der Waals surface area contributed by atoms with Crippen molar-refractivity contribution < 1.29 is 32.2 Å². The van der Waals surface area contributed by atoms with Gasteiger partial charge in [-0.15, -0.1) is 0 Å². The molecule has 0 saturated carbocycles. The number of aliphatic carboxylic acids is 1. The van der Waals surface area contributed by atoms with E-state index in [-0.39, 0.29) is 34.9 Å². The third kappa shape index (κ3) is 5.70. The number of anilines is 2. The number of halogens is 1. The second-order valence-corrected chi connectivity index (χ2v) is 12.5. The maximum absolute atomic E-state index is 14.5. The molecule has 0 aliphatic carbocycles. The number of pyridine rings is 1. The van der Waals surface area contributed by atoms with Crippen LogP contribution in [0.3, 0.4) is 0 Å². The maximum atomic E-state index is 14.5. The number of carboxylic acids is 1. The Labute approximate surface area is 248 Å². The van der Waals surface area contributed by atoms with Crippen molar-refractivity contribution in [2.24, 2.45) is 5.92 Å². The Morgan fingerprint density at radius 2 is 1.93 bits per heavy atom. The van der Waals surface area contributed by atoms with Gasteiger partial charge in [-0.25, -0.2) is 17.8 Å². The molecule has 2 heterocycles. The number of nitrogen functional groups attached to an aromatic ring is 1. The van der Waals surface area contributed by atoms with E-state index in [4.69, 9.17) is 10.5 Å². The highest BCUT2D eigenvalue weighted by molar-refractivity contribution is 7.91. The largest absolute Gasteiger partial charge is 0.494 e. The number of nitrogens with two attached hydrogens (primary N) is 1. The molecule has 3 atom stereocenters. The van der Waals surface area contributed by atoms with E-state index in [2.05, 4.69) is 10.3 Å². The van der Waals surface area contributed by atoms with E-state index in [1.807, 2.05) is 0 Å². The first-order valence-electron chi connectivity index (χ1n) is 13.6. The number of ether oxygens (including phenoxy) is 1. The minimum atomic E-state index is -3.74. The van der Waals surface area contributed by atoms with E-state index in [0.29, 0.717) is 17.1 Å². The summed E-state index contributed by atoms with van der Waals surface area (Å²) in [6.07, 6.45) is 1.69. The van der Waals surface area contributed by atoms with Gasteiger partial charge in [-0.05, 0) is 65.4 Å². The van der Waals surface area contributed by atoms with E-state index < -0.39 is 45.5 Å². The molecular weight excluding hydrogens is 575 g/mol. The molecule has 4 N–H and O–H groups in total. The third-order valence-corrected chi connectivity index (χ3v) is 9.61. The quantitative estimate of drug-likeness (QED) is 0.248. The fourth-order valence-corrected chi connectivity index (χ4v) is 6.76. The molecule has 43 heavy (non-hydrogen) atoms. The fourth-order valence-electron chi connectivity index (χ4n) is 5.61. The van der Waals surface area contributed by atoms with Crippen molar-refractivity contribution in [2.45, 2.75) is 30.3 Å². The van der Waals surface area contributed by atoms with E-state index >= 15 is 0 Å². The van der Waals surface area contributed by atoms with E-state index in [9.17, 15) is 27.5 Å². The first-order chi connectivity index (χ1) is 20.6. The van der Waals surface area contributed by atoms with E-state index in [1.54, 1.807) is 48.7 Å². The molecule has 4 aromatic rings. The van der Waals surface area contributed by atoms with Crippen LogP contribution in [0.15, 0.2) is 77.8 Å². The summed E-state index contributed by atoms with van der Waals surface area (Å²) in [6, 6.07) is 15.1. The summed E-state index contributed by atoms with van der Waals surface area (Å²) in [5.41, 5.74) is 7.15. The van der Waals surface area contributed by atoms with Crippen molar-refractivity contribution in [3.8, 4) is 5.75 Å². The van der Waals surface area contributed by atoms with Gasteiger partial charge in [0.2, 0.25) is 5.91 Å². The fraction of sp³-hybridized carbons (Fsp3) is 0.258. The Morgan fingerprint density at radius 1 is 1.16 bits per heavy atom. The standard InChI is InChI=1S/C31H31FN4O6S/c1-3-43(40,41)26-7-5-4-6-22(26)28-23(31(38)39)13-15-36(28)30(37)27(19-8-11-24(32)25(17-19)42-2)35-20-9-10-21-18(16-20)12-14-34-29(21)33/h4-12,14,16-17,23,27-28,35H,3,13,15H2,1-2H3,(H2,33,34)(H,38,39)/t23?,27-,28?/m0/s1. The average Bonchev–Trinajstić information content (AvgIpc) is 3.46. The van der Waals surface area contributed by atoms with Crippen molar-refractivity contribution in [1.29, 1.82) is 0 Å². The smallest absolute Gasteiger partial charge is 0.309 e. The number of carbonyl (C=O) groups excluding carboxylic acids is 1. The molecule has 0 bridgehead atoms. The highest BCUT2D eigenvalue weighted by Gasteiger charge is 2.45. The summed E-state index contributed by atoms with van der Waals surface area (Å²) in [6.45, 7) is 1.57. The number of nitrogens with one attached hydrogen (secondary N) is 1. The molecule has 2 unspecified atom stereocenters. The molecule has 12 heteroatoms. The molecule has 1 aromatic heterocycles. The van der Waals surface area contributed by atoms with Crippen molar-refractivity contribution >= 4 is 44.0 Å². The summed E-state index contributed by atoms with van der Waals surface area (Å²) >= 11 is 0. The van der Waals surface area contributed by atoms with Crippen LogP contribution in [0.1, 0.15) is 36.6 Å². The Kier molecular flexibility index (Phi) is 8.23. The van der Waals surface area contributed by atoms with Crippen molar-refractivity contribution in [2.75, 3.05) is 30.5 Å². The van der Waals surface area contributed by atoms with Crippen LogP contribution in [0.2, 0.25) is 0 Å². The third-order valence-electron chi connectivity index (χ3n) is 7.81. The number of fused-ring (bicyclic) bond motifs is 1. The molecular formula is C31H31FN4O6S. The molecule has 0 spiro atoms. The molecule has 5 rings (SSSR count). The number of aromatic nitrogens is 1. The zero-order valence-corrected chi connectivity index (χ0v) is 24.3. The lowest BCUT2D eigenvalue weighted by Gasteiger charge is -2.32. The number of nitrogens with zero attached hydrogens (tertiary/aromatic N) is 2. The van der Waals surface area contributed by atoms with E-state index in [0.717, 1.165) is 10.8 Å². The zero-order valence-electron chi connectivity index (χ0n) is 23.5. The van der Waals surface area contributed by atoms with Gasteiger partial charge in [-0.3, -0.25) is 9.59 Å². The topological polar surface area (TPSA) is 152 Å². The van der Waals surface area contributed by atoms with Crippen LogP contribution in [0, 0.1) is 11.7 Å². The SMILES string of the molecule is CCS(=O)(=O)c1ccccc1C1C(C(=O)O)CCN1C(=O)[C@@H](Nc1ccc2c(N)nccc2c1)c1ccc(F)c(OC)c1. The number of methoxy groups -OCH3 is 1. The summed E-state index contributed by atoms with van der Waals surface area (Å²) in [4.78, 5) is 32.4. The lowest BCUT2D eigenvalue weighted by Crippen LogP contribution is -2.39. The predicted molar refractivity (Wildman–Crippen MR) is 160 cm³/mol. The second kappa shape index (κ2) is 11.9. The highest BCUT2D eigenvalue weighted by Crippen LogP contribution is 2.42.